The van der Waals surface area contributed by atoms with Gasteiger partial charge in [0.15, 0.2) is 0 Å². The van der Waals surface area contributed by atoms with Crippen LogP contribution in [0.25, 0.3) is 0 Å². The molecule has 0 amide bonds. The van der Waals surface area contributed by atoms with Gasteiger partial charge in [-0.1, -0.05) is 19.1 Å². The Morgan fingerprint density at radius 1 is 1.30 bits per heavy atom. The molecule has 0 aliphatic heterocycles. The van der Waals surface area contributed by atoms with Crippen LogP contribution in [0.3, 0.4) is 0 Å². The van der Waals surface area contributed by atoms with Gasteiger partial charge in [-0.25, -0.2) is 8.42 Å². The summed E-state index contributed by atoms with van der Waals surface area (Å²) in [5, 5.41) is 10.8. The Hall–Kier alpha value is -1.68. The highest BCUT2D eigenvalue weighted by atomic mass is 32.2. The van der Waals surface area contributed by atoms with Gasteiger partial charge < -0.3 is 0 Å². The zero-order valence-corrected chi connectivity index (χ0v) is 12.6. The molecule has 0 N–H and O–H groups in total. The molecule has 0 radical (unpaired) electrons. The van der Waals surface area contributed by atoms with Crippen molar-refractivity contribution >= 4 is 21.4 Å². The zero-order chi connectivity index (χ0) is 14.6. The van der Waals surface area contributed by atoms with E-state index < -0.39 is 10.0 Å². The number of hydrogen-bond acceptors (Lipinski definition) is 4. The van der Waals surface area contributed by atoms with Crippen LogP contribution in [0.2, 0.25) is 0 Å². The summed E-state index contributed by atoms with van der Waals surface area (Å²) < 4.78 is 26.6. The molecular weight excluding hydrogens is 292 g/mol. The maximum Gasteiger partial charge on any atom is 0.243 e. The van der Waals surface area contributed by atoms with Gasteiger partial charge in [0.1, 0.15) is 0 Å². The predicted molar refractivity (Wildman–Crippen MR) is 78.7 cm³/mol. The van der Waals surface area contributed by atoms with Crippen molar-refractivity contribution in [3.63, 3.8) is 0 Å². The van der Waals surface area contributed by atoms with Gasteiger partial charge in [0, 0.05) is 18.0 Å². The van der Waals surface area contributed by atoms with Gasteiger partial charge in [-0.3, -0.25) is 0 Å². The van der Waals surface area contributed by atoms with E-state index in [-0.39, 0.29) is 4.90 Å². The molecule has 1 aromatic heterocycles. The van der Waals surface area contributed by atoms with Crippen LogP contribution < -0.4 is 0 Å². The lowest BCUT2D eigenvalue weighted by Gasteiger charge is -2.19. The molecule has 0 saturated carbocycles. The number of sulfonamides is 1. The average Bonchev–Trinajstić information content (AvgIpc) is 2.97. The van der Waals surface area contributed by atoms with Crippen LogP contribution in [0.1, 0.15) is 17.4 Å². The summed E-state index contributed by atoms with van der Waals surface area (Å²) in [6.45, 7) is 2.55. The van der Waals surface area contributed by atoms with Gasteiger partial charge in [-0.05, 0) is 29.6 Å². The van der Waals surface area contributed by atoms with Crippen LogP contribution in [-0.4, -0.2) is 19.3 Å². The minimum absolute atomic E-state index is 0.162. The molecular formula is C14H14N2O2S2. The molecule has 104 valence electrons. The minimum atomic E-state index is -3.57. The molecule has 0 fully saturated rings. The Balaban J connectivity index is 2.34. The Bertz CT molecular complexity index is 716. The summed E-state index contributed by atoms with van der Waals surface area (Å²) in [6, 6.07) is 11.9. The first-order valence-corrected chi connectivity index (χ1v) is 8.42. The third kappa shape index (κ3) is 3.07. The highest BCUT2D eigenvalue weighted by molar-refractivity contribution is 7.89. The van der Waals surface area contributed by atoms with Crippen molar-refractivity contribution in [3.8, 4) is 6.07 Å². The standard InChI is InChI=1S/C14H14N2O2S2/c1-2-16(11-13-6-4-8-19-13)20(17,18)14-7-3-5-12(9-14)10-15/h3-9H,2,11H2,1H3. The van der Waals surface area contributed by atoms with Gasteiger partial charge in [0.2, 0.25) is 10.0 Å². The summed E-state index contributed by atoms with van der Waals surface area (Å²) in [7, 11) is -3.57. The summed E-state index contributed by atoms with van der Waals surface area (Å²) in [4.78, 5) is 1.15. The molecule has 0 unspecified atom stereocenters. The molecule has 0 saturated heterocycles. The van der Waals surface area contributed by atoms with E-state index in [1.54, 1.807) is 19.1 Å². The molecule has 1 aromatic carbocycles. The Morgan fingerprint density at radius 2 is 2.10 bits per heavy atom. The zero-order valence-electron chi connectivity index (χ0n) is 11.0. The number of hydrogen-bond donors (Lipinski definition) is 0. The van der Waals surface area contributed by atoms with Crippen LogP contribution >= 0.6 is 11.3 Å². The molecule has 6 heteroatoms. The summed E-state index contributed by atoms with van der Waals surface area (Å²) >= 11 is 1.53. The van der Waals surface area contributed by atoms with Crippen molar-refractivity contribution in [2.24, 2.45) is 0 Å². The van der Waals surface area contributed by atoms with E-state index in [0.717, 1.165) is 4.88 Å². The molecule has 1 heterocycles. The highest BCUT2D eigenvalue weighted by Gasteiger charge is 2.23. The van der Waals surface area contributed by atoms with Crippen molar-refractivity contribution in [1.82, 2.24) is 4.31 Å². The van der Waals surface area contributed by atoms with Crippen LogP contribution in [0.4, 0.5) is 0 Å². The number of rotatable bonds is 5. The fourth-order valence-electron chi connectivity index (χ4n) is 1.82. The van der Waals surface area contributed by atoms with Crippen molar-refractivity contribution in [1.29, 1.82) is 5.26 Å². The monoisotopic (exact) mass is 306 g/mol. The molecule has 0 aliphatic rings. The predicted octanol–water partition coefficient (Wildman–Crippen LogP) is 2.83. The SMILES string of the molecule is CCN(Cc1cccs1)S(=O)(=O)c1cccc(C#N)c1. The lowest BCUT2D eigenvalue weighted by atomic mass is 10.2. The maximum atomic E-state index is 12.6. The molecule has 2 aromatic rings. The first kappa shape index (κ1) is 14.7. The van der Waals surface area contributed by atoms with E-state index in [9.17, 15) is 8.42 Å². The fraction of sp³-hybridized carbons (Fsp3) is 0.214. The van der Waals surface area contributed by atoms with E-state index in [1.165, 1.54) is 27.8 Å². The normalized spacial score (nSPS) is 11.4. The lowest BCUT2D eigenvalue weighted by molar-refractivity contribution is 0.426. The van der Waals surface area contributed by atoms with E-state index in [1.807, 2.05) is 23.6 Å². The molecule has 0 bridgehead atoms. The summed E-state index contributed by atoms with van der Waals surface area (Å²) in [5.74, 6) is 0. The quantitative estimate of drug-likeness (QED) is 0.853. The van der Waals surface area contributed by atoms with Gasteiger partial charge in [-0.2, -0.15) is 9.57 Å². The van der Waals surface area contributed by atoms with Crippen LogP contribution in [0.15, 0.2) is 46.7 Å². The van der Waals surface area contributed by atoms with Crippen LogP contribution in [0.5, 0.6) is 0 Å². The average molecular weight is 306 g/mol. The Kier molecular flexibility index (Phi) is 4.55. The van der Waals surface area contributed by atoms with E-state index >= 15 is 0 Å². The fourth-order valence-corrected chi connectivity index (χ4v) is 4.09. The first-order valence-electron chi connectivity index (χ1n) is 6.10. The topological polar surface area (TPSA) is 61.2 Å². The molecule has 4 nitrogen and oxygen atoms in total. The van der Waals surface area contributed by atoms with E-state index in [2.05, 4.69) is 0 Å². The second-order valence-corrected chi connectivity index (χ2v) is 7.12. The largest absolute Gasteiger partial charge is 0.243 e. The van der Waals surface area contributed by atoms with E-state index in [0.29, 0.717) is 18.7 Å². The molecule has 2 rings (SSSR count). The third-order valence-electron chi connectivity index (χ3n) is 2.87. The Morgan fingerprint density at radius 3 is 2.70 bits per heavy atom. The van der Waals surface area contributed by atoms with Crippen molar-refractivity contribution in [2.45, 2.75) is 18.4 Å². The number of nitrogens with zero attached hydrogens (tertiary/aromatic N) is 2. The van der Waals surface area contributed by atoms with Gasteiger partial charge in [-0.15, -0.1) is 11.3 Å². The van der Waals surface area contributed by atoms with Gasteiger partial charge in [0.05, 0.1) is 16.5 Å². The van der Waals surface area contributed by atoms with Crippen molar-refractivity contribution in [2.75, 3.05) is 6.54 Å². The first-order chi connectivity index (χ1) is 9.57. The second kappa shape index (κ2) is 6.18. The number of thiophene rings is 1. The molecule has 20 heavy (non-hydrogen) atoms. The highest BCUT2D eigenvalue weighted by Crippen LogP contribution is 2.20. The third-order valence-corrected chi connectivity index (χ3v) is 5.64. The Labute approximate surface area is 123 Å². The maximum absolute atomic E-state index is 12.6. The van der Waals surface area contributed by atoms with Crippen LogP contribution in [0, 0.1) is 11.3 Å². The summed E-state index contributed by atoms with van der Waals surface area (Å²) in [6.07, 6.45) is 0. The van der Waals surface area contributed by atoms with Crippen molar-refractivity contribution < 1.29 is 8.42 Å². The van der Waals surface area contributed by atoms with E-state index in [4.69, 9.17) is 5.26 Å². The smallest absolute Gasteiger partial charge is 0.207 e. The number of nitriles is 1. The van der Waals surface area contributed by atoms with Gasteiger partial charge in [0.25, 0.3) is 0 Å². The molecule has 0 spiro atoms. The van der Waals surface area contributed by atoms with Crippen LogP contribution in [-0.2, 0) is 16.6 Å². The van der Waals surface area contributed by atoms with Crippen molar-refractivity contribution in [3.05, 3.63) is 52.2 Å². The molecule has 0 atom stereocenters. The van der Waals surface area contributed by atoms with Gasteiger partial charge >= 0.3 is 0 Å². The molecule has 0 aliphatic carbocycles. The lowest BCUT2D eigenvalue weighted by Crippen LogP contribution is -2.30. The number of benzene rings is 1. The minimum Gasteiger partial charge on any atom is -0.207 e. The second-order valence-electron chi connectivity index (χ2n) is 4.15. The summed E-state index contributed by atoms with van der Waals surface area (Å²) in [5.41, 5.74) is 0.346.